The van der Waals surface area contributed by atoms with Gasteiger partial charge in [0.05, 0.1) is 37.4 Å². The summed E-state index contributed by atoms with van der Waals surface area (Å²) >= 11 is 0. The molecule has 1 N–H and O–H groups in total. The lowest BCUT2D eigenvalue weighted by molar-refractivity contribution is -0.117. The lowest BCUT2D eigenvalue weighted by Gasteiger charge is -2.09. The number of hydrogen-bond donors (Lipinski definition) is 1. The summed E-state index contributed by atoms with van der Waals surface area (Å²) in [4.78, 5) is 11.7. The number of nitrogens with one attached hydrogen (secondary N) is 1. The van der Waals surface area contributed by atoms with Crippen LogP contribution in [0.5, 0.6) is 0 Å². The Balaban J connectivity index is 1.69. The Labute approximate surface area is 112 Å². The summed E-state index contributed by atoms with van der Waals surface area (Å²) in [6.45, 7) is 1.76. The molecule has 5 nitrogen and oxygen atoms in total. The van der Waals surface area contributed by atoms with Crippen LogP contribution in [0.25, 0.3) is 0 Å². The molecule has 0 radical (unpaired) electrons. The van der Waals surface area contributed by atoms with Crippen molar-refractivity contribution in [2.45, 2.75) is 18.9 Å². The molecule has 100 valence electrons. The summed E-state index contributed by atoms with van der Waals surface area (Å²) in [6.07, 6.45) is 1.34. The zero-order valence-corrected chi connectivity index (χ0v) is 10.6. The van der Waals surface area contributed by atoms with Crippen molar-refractivity contribution in [1.82, 2.24) is 0 Å². The first-order valence-electron chi connectivity index (χ1n) is 6.27. The van der Waals surface area contributed by atoms with E-state index in [0.717, 1.165) is 13.0 Å². The van der Waals surface area contributed by atoms with Gasteiger partial charge in [-0.2, -0.15) is 5.26 Å². The number of rotatable bonds is 5. The van der Waals surface area contributed by atoms with E-state index in [0.29, 0.717) is 30.9 Å². The average molecular weight is 260 g/mol. The van der Waals surface area contributed by atoms with Gasteiger partial charge in [0.1, 0.15) is 0 Å². The molecule has 1 aromatic carbocycles. The Kier molecular flexibility index (Phi) is 4.90. The van der Waals surface area contributed by atoms with Crippen LogP contribution in [-0.4, -0.2) is 31.8 Å². The monoisotopic (exact) mass is 260 g/mol. The van der Waals surface area contributed by atoms with Crippen LogP contribution in [0.15, 0.2) is 24.3 Å². The Bertz CT molecular complexity index is 459. The molecule has 0 aliphatic carbocycles. The number of hydrogen-bond acceptors (Lipinski definition) is 4. The first kappa shape index (κ1) is 13.5. The Morgan fingerprint density at radius 2 is 2.26 bits per heavy atom. The minimum absolute atomic E-state index is 0.0939. The van der Waals surface area contributed by atoms with E-state index in [2.05, 4.69) is 5.32 Å². The van der Waals surface area contributed by atoms with Crippen molar-refractivity contribution in [3.8, 4) is 6.07 Å². The predicted octanol–water partition coefficient (Wildman–Crippen LogP) is 1.69. The second kappa shape index (κ2) is 6.88. The van der Waals surface area contributed by atoms with Crippen molar-refractivity contribution in [1.29, 1.82) is 5.26 Å². The molecule has 1 fully saturated rings. The number of carbonyl (C=O) groups excluding carboxylic acids is 1. The van der Waals surface area contributed by atoms with Crippen molar-refractivity contribution in [2.75, 3.05) is 25.1 Å². The summed E-state index contributed by atoms with van der Waals surface area (Å²) in [5.74, 6) is -0.0939. The average Bonchev–Trinajstić information content (AvgIpc) is 2.93. The number of anilines is 1. The summed E-state index contributed by atoms with van der Waals surface area (Å²) in [5, 5.41) is 11.4. The fourth-order valence-corrected chi connectivity index (χ4v) is 1.81. The molecule has 2 rings (SSSR count). The third-order valence-corrected chi connectivity index (χ3v) is 2.87. The lowest BCUT2D eigenvalue weighted by atomic mass is 10.2. The number of nitriles is 1. The number of amides is 1. The second-order valence-electron chi connectivity index (χ2n) is 4.34. The van der Waals surface area contributed by atoms with Gasteiger partial charge in [-0.05, 0) is 30.7 Å². The molecular formula is C14H16N2O3. The van der Waals surface area contributed by atoms with Crippen LogP contribution in [0.2, 0.25) is 0 Å². The molecule has 1 unspecified atom stereocenters. The quantitative estimate of drug-likeness (QED) is 0.874. The van der Waals surface area contributed by atoms with E-state index in [9.17, 15) is 4.79 Å². The van der Waals surface area contributed by atoms with Crippen molar-refractivity contribution in [3.05, 3.63) is 29.8 Å². The number of benzene rings is 1. The molecule has 19 heavy (non-hydrogen) atoms. The SMILES string of the molecule is N#Cc1ccc(NC(=O)CCOC2CCOC2)cc1. The van der Waals surface area contributed by atoms with Gasteiger partial charge >= 0.3 is 0 Å². The van der Waals surface area contributed by atoms with E-state index in [1.54, 1.807) is 24.3 Å². The largest absolute Gasteiger partial charge is 0.379 e. The van der Waals surface area contributed by atoms with Crippen LogP contribution in [-0.2, 0) is 14.3 Å². The summed E-state index contributed by atoms with van der Waals surface area (Å²) in [5.41, 5.74) is 1.26. The zero-order chi connectivity index (χ0) is 13.5. The van der Waals surface area contributed by atoms with E-state index in [1.807, 2.05) is 6.07 Å². The van der Waals surface area contributed by atoms with Gasteiger partial charge in [-0.1, -0.05) is 0 Å². The summed E-state index contributed by atoms with van der Waals surface area (Å²) < 4.78 is 10.7. The molecule has 0 saturated carbocycles. The van der Waals surface area contributed by atoms with E-state index >= 15 is 0 Å². The fraction of sp³-hybridized carbons (Fsp3) is 0.429. The van der Waals surface area contributed by atoms with Crippen molar-refractivity contribution < 1.29 is 14.3 Å². The highest BCUT2D eigenvalue weighted by Gasteiger charge is 2.16. The first-order valence-corrected chi connectivity index (χ1v) is 6.27. The second-order valence-corrected chi connectivity index (χ2v) is 4.34. The molecular weight excluding hydrogens is 244 g/mol. The summed E-state index contributed by atoms with van der Waals surface area (Å²) in [6, 6.07) is 8.79. The molecule has 1 amide bonds. The maximum Gasteiger partial charge on any atom is 0.226 e. The molecule has 1 aliphatic heterocycles. The normalized spacial score (nSPS) is 17.9. The van der Waals surface area contributed by atoms with Crippen molar-refractivity contribution >= 4 is 11.6 Å². The minimum Gasteiger partial charge on any atom is -0.379 e. The van der Waals surface area contributed by atoms with Crippen molar-refractivity contribution in [3.63, 3.8) is 0 Å². The molecule has 1 aliphatic rings. The van der Waals surface area contributed by atoms with Gasteiger partial charge in [-0.15, -0.1) is 0 Å². The molecule has 1 heterocycles. The van der Waals surface area contributed by atoms with Gasteiger partial charge in [-0.25, -0.2) is 0 Å². The molecule has 5 heteroatoms. The molecule has 0 spiro atoms. The maximum atomic E-state index is 11.7. The summed E-state index contributed by atoms with van der Waals surface area (Å²) in [7, 11) is 0. The van der Waals surface area contributed by atoms with E-state index in [1.165, 1.54) is 0 Å². The topological polar surface area (TPSA) is 71.4 Å². The smallest absolute Gasteiger partial charge is 0.226 e. The molecule has 0 aromatic heterocycles. The Morgan fingerprint density at radius 1 is 1.47 bits per heavy atom. The van der Waals surface area contributed by atoms with E-state index in [4.69, 9.17) is 14.7 Å². The fourth-order valence-electron chi connectivity index (χ4n) is 1.81. The highest BCUT2D eigenvalue weighted by molar-refractivity contribution is 5.90. The van der Waals surface area contributed by atoms with Gasteiger partial charge in [0.2, 0.25) is 5.91 Å². The van der Waals surface area contributed by atoms with Crippen LogP contribution < -0.4 is 5.32 Å². The van der Waals surface area contributed by atoms with Crippen molar-refractivity contribution in [2.24, 2.45) is 0 Å². The molecule has 1 aromatic rings. The first-order chi connectivity index (χ1) is 9.28. The van der Waals surface area contributed by atoms with Crippen LogP contribution in [0.3, 0.4) is 0 Å². The van der Waals surface area contributed by atoms with Gasteiger partial charge in [0.15, 0.2) is 0 Å². The maximum absolute atomic E-state index is 11.7. The predicted molar refractivity (Wildman–Crippen MR) is 69.6 cm³/mol. The number of ether oxygens (including phenoxy) is 2. The lowest BCUT2D eigenvalue weighted by Crippen LogP contribution is -2.18. The third-order valence-electron chi connectivity index (χ3n) is 2.87. The van der Waals surface area contributed by atoms with Crippen LogP contribution in [0, 0.1) is 11.3 Å². The van der Waals surface area contributed by atoms with Crippen LogP contribution >= 0.6 is 0 Å². The number of nitrogens with zero attached hydrogens (tertiary/aromatic N) is 1. The highest BCUT2D eigenvalue weighted by atomic mass is 16.5. The molecule has 1 atom stereocenters. The number of carbonyl (C=O) groups is 1. The van der Waals surface area contributed by atoms with Gasteiger partial charge in [-0.3, -0.25) is 4.79 Å². The molecule has 1 saturated heterocycles. The van der Waals surface area contributed by atoms with E-state index in [-0.39, 0.29) is 12.0 Å². The van der Waals surface area contributed by atoms with Crippen LogP contribution in [0.4, 0.5) is 5.69 Å². The molecule has 0 bridgehead atoms. The third kappa shape index (κ3) is 4.36. The van der Waals surface area contributed by atoms with E-state index < -0.39 is 0 Å². The highest BCUT2D eigenvalue weighted by Crippen LogP contribution is 2.10. The standard InChI is InChI=1S/C14H16N2O3/c15-9-11-1-3-12(4-2-11)16-14(17)6-8-19-13-5-7-18-10-13/h1-4,13H,5-8,10H2,(H,16,17). The Hall–Kier alpha value is -1.90. The minimum atomic E-state index is -0.0939. The Morgan fingerprint density at radius 3 is 2.89 bits per heavy atom. The van der Waals surface area contributed by atoms with Gasteiger partial charge < -0.3 is 14.8 Å². The van der Waals surface area contributed by atoms with Crippen LogP contribution in [0.1, 0.15) is 18.4 Å². The van der Waals surface area contributed by atoms with Gasteiger partial charge in [0.25, 0.3) is 0 Å². The van der Waals surface area contributed by atoms with Gasteiger partial charge in [0, 0.05) is 12.3 Å². The zero-order valence-electron chi connectivity index (χ0n) is 10.6.